The number of esters is 1. The maximum absolute atomic E-state index is 12.1. The predicted molar refractivity (Wildman–Crippen MR) is 84.8 cm³/mol. The Kier molecular flexibility index (Phi) is 4.16. The van der Waals surface area contributed by atoms with E-state index in [1.807, 2.05) is 0 Å². The highest BCUT2D eigenvalue weighted by atomic mass is 16.5. The molecule has 0 saturated heterocycles. The van der Waals surface area contributed by atoms with E-state index in [-0.39, 0.29) is 12.1 Å². The van der Waals surface area contributed by atoms with Crippen molar-refractivity contribution in [2.75, 3.05) is 0 Å². The highest BCUT2D eigenvalue weighted by molar-refractivity contribution is 5.69. The quantitative estimate of drug-likeness (QED) is 0.410. The third-order valence-electron chi connectivity index (χ3n) is 6.30. The van der Waals surface area contributed by atoms with Crippen molar-refractivity contribution in [3.63, 3.8) is 0 Å². The van der Waals surface area contributed by atoms with Gasteiger partial charge < -0.3 is 4.74 Å². The Bertz CT molecular complexity index is 435. The van der Waals surface area contributed by atoms with Crippen LogP contribution in [0.3, 0.4) is 0 Å². The molecule has 3 aliphatic carbocycles. The van der Waals surface area contributed by atoms with Crippen LogP contribution >= 0.6 is 0 Å². The fourth-order valence-corrected chi connectivity index (χ4v) is 5.33. The molecule has 2 saturated carbocycles. The smallest absolute Gasteiger partial charge is 0.306 e. The molecule has 21 heavy (non-hydrogen) atoms. The lowest BCUT2D eigenvalue weighted by atomic mass is 9.77. The van der Waals surface area contributed by atoms with Crippen LogP contribution in [0, 0.1) is 23.2 Å². The van der Waals surface area contributed by atoms with Crippen LogP contribution in [0.4, 0.5) is 0 Å². The minimum atomic E-state index is 0.0438. The summed E-state index contributed by atoms with van der Waals surface area (Å²) in [5.41, 5.74) is 2.00. The zero-order valence-electron chi connectivity index (χ0n) is 13.9. The molecule has 2 nitrogen and oxygen atoms in total. The molecule has 4 unspecified atom stereocenters. The first-order valence-corrected chi connectivity index (χ1v) is 8.95. The van der Waals surface area contributed by atoms with Crippen molar-refractivity contribution in [3.8, 4) is 0 Å². The van der Waals surface area contributed by atoms with Gasteiger partial charge in [-0.1, -0.05) is 45.3 Å². The zero-order chi connectivity index (χ0) is 15.0. The fourth-order valence-electron chi connectivity index (χ4n) is 5.33. The Morgan fingerprint density at radius 3 is 2.86 bits per heavy atom. The van der Waals surface area contributed by atoms with Crippen molar-refractivity contribution in [1.82, 2.24) is 0 Å². The number of unbranched alkanes of at least 4 members (excludes halogenated alkanes) is 2. The van der Waals surface area contributed by atoms with Crippen LogP contribution in [0.15, 0.2) is 11.6 Å². The van der Waals surface area contributed by atoms with Gasteiger partial charge in [-0.25, -0.2) is 0 Å². The summed E-state index contributed by atoms with van der Waals surface area (Å²) in [4.78, 5) is 12.1. The van der Waals surface area contributed by atoms with Gasteiger partial charge in [-0.3, -0.25) is 4.79 Å². The molecule has 0 N–H and O–H groups in total. The van der Waals surface area contributed by atoms with Crippen LogP contribution in [0.2, 0.25) is 0 Å². The molecular weight excluding hydrogens is 260 g/mol. The lowest BCUT2D eigenvalue weighted by molar-refractivity contribution is -0.151. The minimum absolute atomic E-state index is 0.0438. The number of rotatable bonds is 5. The van der Waals surface area contributed by atoms with Crippen LogP contribution in [0.25, 0.3) is 0 Å². The molecule has 0 aliphatic heterocycles. The Hall–Kier alpha value is -0.790. The maximum atomic E-state index is 12.1. The van der Waals surface area contributed by atoms with Crippen LogP contribution in [0.5, 0.6) is 0 Å². The van der Waals surface area contributed by atoms with Gasteiger partial charge in [-0.2, -0.15) is 0 Å². The van der Waals surface area contributed by atoms with E-state index >= 15 is 0 Å². The van der Waals surface area contributed by atoms with E-state index in [4.69, 9.17) is 4.74 Å². The highest BCUT2D eigenvalue weighted by Gasteiger charge is 2.58. The number of allylic oxidation sites excluding steroid dienone is 2. The summed E-state index contributed by atoms with van der Waals surface area (Å²) in [5, 5.41) is 0. The number of fused-ring (bicyclic) bond motifs is 3. The molecule has 0 aromatic heterocycles. The second-order valence-corrected chi connectivity index (χ2v) is 7.81. The number of carbonyl (C=O) groups excluding carboxylic acids is 1. The van der Waals surface area contributed by atoms with Gasteiger partial charge in [-0.15, -0.1) is 0 Å². The third-order valence-corrected chi connectivity index (χ3v) is 6.30. The van der Waals surface area contributed by atoms with Crippen molar-refractivity contribution in [1.29, 1.82) is 0 Å². The molecule has 4 atom stereocenters. The SMILES string of the molecule is CCCCCC(=O)OC1CCC2C1C1CCC=C1C2(C)C. The van der Waals surface area contributed by atoms with Gasteiger partial charge in [0.15, 0.2) is 0 Å². The molecule has 118 valence electrons. The van der Waals surface area contributed by atoms with Crippen LogP contribution in [0.1, 0.15) is 72.1 Å². The van der Waals surface area contributed by atoms with E-state index in [2.05, 4.69) is 26.8 Å². The first-order valence-electron chi connectivity index (χ1n) is 8.95. The molecule has 0 spiro atoms. The minimum Gasteiger partial charge on any atom is -0.462 e. The second kappa shape index (κ2) is 5.78. The molecule has 0 aromatic carbocycles. The number of hydrogen-bond acceptors (Lipinski definition) is 2. The standard InChI is InChI=1S/C19H30O2/c1-4-5-6-10-17(20)21-16-12-11-15-18(16)13-8-7-9-14(13)19(15,2)3/h9,13,15-16,18H,4-8,10-12H2,1-3H3. The number of hydrogen-bond donors (Lipinski definition) is 0. The average Bonchev–Trinajstić information content (AvgIpc) is 3.08. The summed E-state index contributed by atoms with van der Waals surface area (Å²) in [6.45, 7) is 6.99. The lowest BCUT2D eigenvalue weighted by Crippen LogP contribution is -2.28. The van der Waals surface area contributed by atoms with Crippen molar-refractivity contribution in [2.24, 2.45) is 23.2 Å². The van der Waals surface area contributed by atoms with E-state index in [9.17, 15) is 4.79 Å². The third kappa shape index (κ3) is 2.55. The van der Waals surface area contributed by atoms with E-state index < -0.39 is 0 Å². The summed E-state index contributed by atoms with van der Waals surface area (Å²) in [6.07, 6.45) is 11.4. The maximum Gasteiger partial charge on any atom is 0.306 e. The van der Waals surface area contributed by atoms with Crippen molar-refractivity contribution in [2.45, 2.75) is 78.2 Å². The molecule has 3 rings (SSSR count). The van der Waals surface area contributed by atoms with Crippen molar-refractivity contribution >= 4 is 5.97 Å². The summed E-state index contributed by atoms with van der Waals surface area (Å²) < 4.78 is 5.91. The van der Waals surface area contributed by atoms with Crippen molar-refractivity contribution in [3.05, 3.63) is 11.6 Å². The van der Waals surface area contributed by atoms with Crippen LogP contribution < -0.4 is 0 Å². The van der Waals surface area contributed by atoms with E-state index in [1.54, 1.807) is 5.57 Å². The molecule has 2 heteroatoms. The Morgan fingerprint density at radius 2 is 2.10 bits per heavy atom. The summed E-state index contributed by atoms with van der Waals surface area (Å²) in [6, 6.07) is 0. The lowest BCUT2D eigenvalue weighted by Gasteiger charge is -2.28. The molecular formula is C19H30O2. The van der Waals surface area contributed by atoms with Gasteiger partial charge in [0.25, 0.3) is 0 Å². The Labute approximate surface area is 129 Å². The first kappa shape index (κ1) is 15.1. The summed E-state index contributed by atoms with van der Waals surface area (Å²) in [7, 11) is 0. The molecule has 0 bridgehead atoms. The fraction of sp³-hybridized carbons (Fsp3) is 0.842. The molecule has 0 aromatic rings. The first-order chi connectivity index (χ1) is 10.1. The topological polar surface area (TPSA) is 26.3 Å². The molecule has 2 fully saturated rings. The van der Waals surface area contributed by atoms with Gasteiger partial charge in [0.05, 0.1) is 0 Å². The van der Waals surface area contributed by atoms with Gasteiger partial charge in [0.1, 0.15) is 6.10 Å². The molecule has 3 aliphatic rings. The Balaban J connectivity index is 1.64. The monoisotopic (exact) mass is 290 g/mol. The number of carbonyl (C=O) groups is 1. The van der Waals surface area contributed by atoms with E-state index in [0.717, 1.165) is 31.6 Å². The van der Waals surface area contributed by atoms with Crippen LogP contribution in [-0.2, 0) is 9.53 Å². The van der Waals surface area contributed by atoms with Crippen LogP contribution in [-0.4, -0.2) is 12.1 Å². The van der Waals surface area contributed by atoms with Crippen molar-refractivity contribution < 1.29 is 9.53 Å². The average molecular weight is 290 g/mol. The van der Waals surface area contributed by atoms with E-state index in [1.165, 1.54) is 19.3 Å². The van der Waals surface area contributed by atoms with Gasteiger partial charge in [-0.05, 0) is 49.4 Å². The largest absolute Gasteiger partial charge is 0.462 e. The predicted octanol–water partition coefficient (Wildman–Crippen LogP) is 4.88. The zero-order valence-corrected chi connectivity index (χ0v) is 13.9. The molecule has 0 radical (unpaired) electrons. The van der Waals surface area contributed by atoms with Gasteiger partial charge >= 0.3 is 5.97 Å². The van der Waals surface area contributed by atoms with E-state index in [0.29, 0.717) is 23.7 Å². The summed E-state index contributed by atoms with van der Waals surface area (Å²) >= 11 is 0. The Morgan fingerprint density at radius 1 is 1.29 bits per heavy atom. The number of ether oxygens (including phenoxy) is 1. The van der Waals surface area contributed by atoms with Gasteiger partial charge in [0, 0.05) is 12.3 Å². The summed E-state index contributed by atoms with van der Waals surface area (Å²) in [5.74, 6) is 2.06. The molecule has 0 amide bonds. The normalized spacial score (nSPS) is 36.2. The van der Waals surface area contributed by atoms with Gasteiger partial charge in [0.2, 0.25) is 0 Å². The highest BCUT2D eigenvalue weighted by Crippen LogP contribution is 2.63. The second-order valence-electron chi connectivity index (χ2n) is 7.81. The molecule has 0 heterocycles.